The Morgan fingerprint density at radius 1 is 0.784 bits per heavy atom. The number of allylic oxidation sites excluding steroid dienone is 17. The number of aliphatic hydroxyl groups excluding tert-OH is 3. The Morgan fingerprint density at radius 3 is 1.84 bits per heavy atom. The average Bonchev–Trinajstić information content (AvgIpc) is 3.19. The molecule has 1 aliphatic rings. The molecular weight excluding hydrogens is 466 g/mol. The number of aliphatic hydroxyl groups is 3. The molecule has 37 heavy (non-hydrogen) atoms. The molecule has 1 rings (SSSR count). The fraction of sp³-hybridized carbons (Fsp3) is 0.290. The number of ketones is 1. The van der Waals surface area contributed by atoms with Crippen molar-refractivity contribution in [2.45, 2.75) is 45.8 Å². The van der Waals surface area contributed by atoms with Crippen molar-refractivity contribution < 1.29 is 24.9 Å². The molecule has 0 saturated carbocycles. The van der Waals surface area contributed by atoms with Crippen molar-refractivity contribution in [2.75, 3.05) is 0 Å². The third kappa shape index (κ3) is 13.2. The van der Waals surface area contributed by atoms with Crippen LogP contribution in [0.25, 0.3) is 0 Å². The summed E-state index contributed by atoms with van der Waals surface area (Å²) in [5.74, 6) is -1.23. The number of hydrogen-bond acceptors (Lipinski definition) is 5. The number of hydrogen-bond donors (Lipinski definition) is 4. The predicted molar refractivity (Wildman–Crippen MR) is 150 cm³/mol. The fourth-order valence-electron chi connectivity index (χ4n) is 3.23. The van der Waals surface area contributed by atoms with Crippen molar-refractivity contribution in [3.05, 3.63) is 121 Å². The monoisotopic (exact) mass is 505 g/mol. The van der Waals surface area contributed by atoms with Crippen LogP contribution in [0.3, 0.4) is 0 Å². The second-order valence-corrected chi connectivity index (χ2v) is 8.51. The zero-order chi connectivity index (χ0) is 27.5. The first-order valence-electron chi connectivity index (χ1n) is 12.4. The molecule has 0 fully saturated rings. The van der Waals surface area contributed by atoms with E-state index in [1.807, 2.05) is 87.6 Å². The first-order chi connectivity index (χ1) is 17.8. The van der Waals surface area contributed by atoms with Gasteiger partial charge in [-0.15, -0.1) is 0 Å². The number of carbonyl (C=O) groups excluding carboxylic acids is 2. The van der Waals surface area contributed by atoms with Crippen LogP contribution in [-0.2, 0) is 9.59 Å². The van der Waals surface area contributed by atoms with Crippen molar-refractivity contribution in [1.29, 1.82) is 0 Å². The van der Waals surface area contributed by atoms with Gasteiger partial charge >= 0.3 is 0 Å². The smallest absolute Gasteiger partial charge is 0.248 e. The maximum atomic E-state index is 11.8. The normalized spacial score (nSPS) is 19.1. The van der Waals surface area contributed by atoms with Gasteiger partial charge in [0.25, 0.3) is 0 Å². The second-order valence-electron chi connectivity index (χ2n) is 8.51. The van der Waals surface area contributed by atoms with E-state index in [4.69, 9.17) is 0 Å². The summed E-state index contributed by atoms with van der Waals surface area (Å²) in [6.45, 7) is 5.67. The molecule has 4 unspecified atom stereocenters. The van der Waals surface area contributed by atoms with Gasteiger partial charge in [0.15, 0.2) is 5.78 Å². The Hall–Kier alpha value is -3.74. The third-order valence-electron chi connectivity index (χ3n) is 5.52. The zero-order valence-electron chi connectivity index (χ0n) is 21.8. The van der Waals surface area contributed by atoms with Crippen molar-refractivity contribution >= 4 is 11.7 Å². The molecule has 4 atom stereocenters. The summed E-state index contributed by atoms with van der Waals surface area (Å²) in [5, 5.41) is 32.7. The topological polar surface area (TPSA) is 107 Å². The molecule has 0 bridgehead atoms. The van der Waals surface area contributed by atoms with E-state index in [0.717, 1.165) is 0 Å². The maximum Gasteiger partial charge on any atom is 0.248 e. The van der Waals surface area contributed by atoms with Crippen LogP contribution in [0, 0.1) is 11.8 Å². The summed E-state index contributed by atoms with van der Waals surface area (Å²) < 4.78 is 0. The predicted octanol–water partition coefficient (Wildman–Crippen LogP) is 5.25. The highest BCUT2D eigenvalue weighted by Crippen LogP contribution is 2.19. The molecule has 6 heteroatoms. The molecule has 0 aromatic heterocycles. The van der Waals surface area contributed by atoms with Crippen LogP contribution in [-0.4, -0.2) is 39.2 Å². The van der Waals surface area contributed by atoms with Gasteiger partial charge in [0.05, 0.1) is 12.2 Å². The maximum absolute atomic E-state index is 11.8. The molecule has 0 aromatic rings. The second kappa shape index (κ2) is 18.5. The lowest BCUT2D eigenvalue weighted by Gasteiger charge is -2.25. The lowest BCUT2D eigenvalue weighted by atomic mass is 9.89. The highest BCUT2D eigenvalue weighted by Gasteiger charge is 2.24. The van der Waals surface area contributed by atoms with Gasteiger partial charge in [0.2, 0.25) is 5.91 Å². The van der Waals surface area contributed by atoms with E-state index in [-0.39, 0.29) is 41.9 Å². The first kappa shape index (κ1) is 31.3. The van der Waals surface area contributed by atoms with Crippen molar-refractivity contribution in [3.8, 4) is 0 Å². The minimum atomic E-state index is -0.734. The molecule has 6 nitrogen and oxygen atoms in total. The molecule has 0 aromatic carbocycles. The molecule has 198 valence electrons. The summed E-state index contributed by atoms with van der Waals surface area (Å²) >= 11 is 0. The van der Waals surface area contributed by atoms with E-state index >= 15 is 0 Å². The minimum Gasteiger partial charge on any atom is -0.510 e. The Balaban J connectivity index is 2.36. The first-order valence-corrected chi connectivity index (χ1v) is 12.4. The third-order valence-corrected chi connectivity index (χ3v) is 5.52. The van der Waals surface area contributed by atoms with E-state index in [1.165, 1.54) is 6.08 Å². The minimum absolute atomic E-state index is 0.0115. The van der Waals surface area contributed by atoms with Crippen LogP contribution in [0.5, 0.6) is 0 Å². The van der Waals surface area contributed by atoms with Gasteiger partial charge in [-0.1, -0.05) is 117 Å². The summed E-state index contributed by atoms with van der Waals surface area (Å²) in [6, 6.07) is 0. The Kier molecular flexibility index (Phi) is 15.7. The molecule has 4 N–H and O–H groups in total. The molecule has 1 amide bonds. The van der Waals surface area contributed by atoms with Crippen LogP contribution < -0.4 is 5.32 Å². The van der Waals surface area contributed by atoms with Gasteiger partial charge in [0, 0.05) is 30.8 Å². The highest BCUT2D eigenvalue weighted by molar-refractivity contribution is 6.03. The Labute approximate surface area is 220 Å². The molecule has 0 heterocycles. The fourth-order valence-corrected chi connectivity index (χ4v) is 3.23. The van der Waals surface area contributed by atoms with E-state index < -0.39 is 18.1 Å². The van der Waals surface area contributed by atoms with Gasteiger partial charge in [-0.05, 0) is 6.92 Å². The Morgan fingerprint density at radius 2 is 1.30 bits per heavy atom. The molecular formula is C31H39NO5. The van der Waals surface area contributed by atoms with Crippen LogP contribution in [0.1, 0.15) is 33.6 Å². The van der Waals surface area contributed by atoms with E-state index in [0.29, 0.717) is 0 Å². The summed E-state index contributed by atoms with van der Waals surface area (Å²) in [5.41, 5.74) is -0.0115. The van der Waals surface area contributed by atoms with E-state index in [9.17, 15) is 24.9 Å². The van der Waals surface area contributed by atoms with Crippen molar-refractivity contribution in [3.63, 3.8) is 0 Å². The van der Waals surface area contributed by atoms with Crippen LogP contribution in [0.2, 0.25) is 0 Å². The molecule has 0 radical (unpaired) electrons. The van der Waals surface area contributed by atoms with Crippen molar-refractivity contribution in [1.82, 2.24) is 5.32 Å². The quantitative estimate of drug-likeness (QED) is 0.190. The largest absolute Gasteiger partial charge is 0.510 e. The lowest BCUT2D eigenvalue weighted by Crippen LogP contribution is -2.32. The number of amides is 1. The molecule has 0 spiro atoms. The number of carbonyl (C=O) groups is 2. The van der Waals surface area contributed by atoms with Crippen LogP contribution >= 0.6 is 0 Å². The average molecular weight is 506 g/mol. The van der Waals surface area contributed by atoms with Crippen LogP contribution in [0.15, 0.2) is 121 Å². The molecule has 1 aliphatic carbocycles. The zero-order valence-corrected chi connectivity index (χ0v) is 21.8. The standard InChI is InChI=1S/C31H39NO5/c1-4-5-6-13-17-20-26(33)25(3)31(37)24(2)19-16-14-11-9-7-8-10-12-15-18-21-29(36)32-30-27(34)22-23-28(30)35/h4-21,24-26,31,33-34,37H,22-23H2,1-3H3,(H,32,36)/b5-4+,9-7+,10-8+,13-6+,14-11+,15-12+,19-16+,20-17+,21-18+. The van der Waals surface area contributed by atoms with Crippen molar-refractivity contribution in [2.24, 2.45) is 11.8 Å². The molecule has 0 saturated heterocycles. The highest BCUT2D eigenvalue weighted by atomic mass is 16.3. The van der Waals surface area contributed by atoms with Gasteiger partial charge in [-0.3, -0.25) is 9.59 Å². The summed E-state index contributed by atoms with van der Waals surface area (Å²) in [4.78, 5) is 23.3. The number of Topliss-reactive ketones (excluding diaryl/α,β-unsaturated/α-hetero) is 1. The van der Waals surface area contributed by atoms with E-state index in [1.54, 1.807) is 36.5 Å². The van der Waals surface area contributed by atoms with Gasteiger partial charge < -0.3 is 20.6 Å². The Bertz CT molecular complexity index is 1030. The van der Waals surface area contributed by atoms with Crippen LogP contribution in [0.4, 0.5) is 0 Å². The summed E-state index contributed by atoms with van der Waals surface area (Å²) in [6.07, 6.45) is 31.1. The van der Waals surface area contributed by atoms with Gasteiger partial charge in [-0.25, -0.2) is 0 Å². The summed E-state index contributed by atoms with van der Waals surface area (Å²) in [7, 11) is 0. The molecule has 0 aliphatic heterocycles. The van der Waals surface area contributed by atoms with E-state index in [2.05, 4.69) is 5.32 Å². The van der Waals surface area contributed by atoms with Gasteiger partial charge in [-0.2, -0.15) is 0 Å². The number of nitrogens with one attached hydrogen (secondary N) is 1. The lowest BCUT2D eigenvalue weighted by molar-refractivity contribution is -0.119. The number of rotatable bonds is 14. The van der Waals surface area contributed by atoms with Gasteiger partial charge in [0.1, 0.15) is 11.5 Å². The SMILES string of the molecule is C/C=C/C=C/C=C/C(O)C(C)C(O)C(C)/C=C/C=C/C=C/C=C/C=C/C=C/C(=O)NC1=C(O)CCC1=O.